The Morgan fingerprint density at radius 1 is 0.700 bits per heavy atom. The lowest BCUT2D eigenvalue weighted by Gasteiger charge is -2.46. The minimum absolute atomic E-state index is 0.0270. The number of aliphatic hydroxyl groups is 8. The Morgan fingerprint density at radius 2 is 1.23 bits per heavy atom. The lowest BCUT2D eigenvalue weighted by molar-refractivity contribution is -0.340. The Morgan fingerprint density at radius 3 is 1.82 bits per heavy atom. The van der Waals surface area contributed by atoms with Crippen LogP contribution in [0, 0.1) is 5.92 Å². The summed E-state index contributed by atoms with van der Waals surface area (Å²) in [5.41, 5.74) is 0. The van der Waals surface area contributed by atoms with Crippen LogP contribution >= 0.6 is 0 Å². The number of ether oxygens (including phenoxy) is 3. The zero-order valence-electron chi connectivity index (χ0n) is 23.8. The molecule has 1 unspecified atom stereocenters. The Balaban J connectivity index is 1.82. The number of carbonyl (C=O) groups excluding carboxylic acids is 1. The monoisotopic (exact) mass is 580 g/mol. The molecule has 1 aliphatic carbocycles. The van der Waals surface area contributed by atoms with Crippen LogP contribution in [0.5, 0.6) is 0 Å². The molecule has 12 nitrogen and oxygen atoms in total. The van der Waals surface area contributed by atoms with Gasteiger partial charge in [0.15, 0.2) is 12.4 Å². The lowest BCUT2D eigenvalue weighted by atomic mass is 9.84. The molecule has 8 N–H and O–H groups in total. The van der Waals surface area contributed by atoms with Crippen molar-refractivity contribution in [2.24, 2.45) is 5.92 Å². The summed E-state index contributed by atoms with van der Waals surface area (Å²) in [5, 5.41) is 81.0. The van der Waals surface area contributed by atoms with Crippen molar-refractivity contribution >= 4 is 5.97 Å². The number of carbonyl (C=O) groups is 1. The number of hydrogen-bond acceptors (Lipinski definition) is 12. The average molecular weight is 581 g/mol. The third kappa shape index (κ3) is 10.1. The Hall–Kier alpha value is -0.930. The Kier molecular flexibility index (Phi) is 15.8. The highest BCUT2D eigenvalue weighted by Gasteiger charge is 2.54. The van der Waals surface area contributed by atoms with E-state index in [-0.39, 0.29) is 6.42 Å². The zero-order valence-corrected chi connectivity index (χ0v) is 23.8. The highest BCUT2D eigenvalue weighted by Crippen LogP contribution is 2.31. The Bertz CT molecular complexity index is 709. The van der Waals surface area contributed by atoms with Gasteiger partial charge in [0.25, 0.3) is 0 Å². The van der Waals surface area contributed by atoms with E-state index in [1.54, 1.807) is 0 Å². The van der Waals surface area contributed by atoms with Crippen molar-refractivity contribution < 1.29 is 59.9 Å². The first-order chi connectivity index (χ1) is 19.0. The van der Waals surface area contributed by atoms with Gasteiger partial charge in [-0.3, -0.25) is 4.79 Å². The molecule has 1 saturated carbocycles. The van der Waals surface area contributed by atoms with Crippen molar-refractivity contribution in [1.29, 1.82) is 0 Å². The standard InChI is InChI=1S/C28H52O12/c1-3-4-9-12-16(2)13-10-7-5-6-8-11-14-18(30)39-26-23(35)21(33)22(34)24(36)27(26)40-28-25(37)20(32)19(31)17(15-29)38-28/h16-17,19-29,31-37H,3-15H2,1-2H3/t16?,17-,19-,20+,21+,22+,23-,24-,25+,26-,27+,28+/m1/s1. The van der Waals surface area contributed by atoms with Gasteiger partial charge in [0.2, 0.25) is 0 Å². The van der Waals surface area contributed by atoms with Crippen molar-refractivity contribution in [3.05, 3.63) is 0 Å². The summed E-state index contributed by atoms with van der Waals surface area (Å²) in [5.74, 6) is 0.0475. The van der Waals surface area contributed by atoms with Crippen LogP contribution in [0.2, 0.25) is 0 Å². The van der Waals surface area contributed by atoms with Gasteiger partial charge in [-0.05, 0) is 12.3 Å². The minimum Gasteiger partial charge on any atom is -0.457 e. The minimum atomic E-state index is -1.88. The van der Waals surface area contributed by atoms with Crippen LogP contribution in [-0.4, -0.2) is 121 Å². The van der Waals surface area contributed by atoms with Gasteiger partial charge in [0, 0.05) is 6.42 Å². The van der Waals surface area contributed by atoms with Gasteiger partial charge in [-0.1, -0.05) is 78.1 Å². The topological polar surface area (TPSA) is 207 Å². The summed E-state index contributed by atoms with van der Waals surface area (Å²) >= 11 is 0. The van der Waals surface area contributed by atoms with E-state index in [9.17, 15) is 45.6 Å². The molecule has 2 aliphatic rings. The second kappa shape index (κ2) is 17.9. The molecule has 0 radical (unpaired) electrons. The molecule has 0 amide bonds. The third-order valence-corrected chi connectivity index (χ3v) is 8.08. The molecule has 2 fully saturated rings. The fourth-order valence-corrected chi connectivity index (χ4v) is 5.38. The molecule has 0 spiro atoms. The molecule has 0 aromatic carbocycles. The maximum absolute atomic E-state index is 12.6. The van der Waals surface area contributed by atoms with Crippen LogP contribution in [0.15, 0.2) is 0 Å². The molecule has 0 aromatic rings. The third-order valence-electron chi connectivity index (χ3n) is 8.08. The predicted octanol–water partition coefficient (Wildman–Crippen LogP) is -0.122. The van der Waals surface area contributed by atoms with Crippen LogP contribution in [0.4, 0.5) is 0 Å². The first-order valence-electron chi connectivity index (χ1n) is 14.9. The maximum Gasteiger partial charge on any atom is 0.306 e. The molecule has 1 aliphatic heterocycles. The maximum atomic E-state index is 12.6. The molecule has 12 heteroatoms. The second-order valence-electron chi connectivity index (χ2n) is 11.5. The molecule has 2 rings (SSSR count). The first kappa shape index (κ1) is 35.3. The van der Waals surface area contributed by atoms with Crippen molar-refractivity contribution in [2.45, 2.75) is 158 Å². The van der Waals surface area contributed by atoms with E-state index in [4.69, 9.17) is 14.2 Å². The number of aliphatic hydroxyl groups excluding tert-OH is 8. The Labute approximate surface area is 236 Å². The van der Waals surface area contributed by atoms with Crippen LogP contribution in [-0.2, 0) is 19.0 Å². The molecular weight excluding hydrogens is 528 g/mol. The molecular formula is C28H52O12. The summed E-state index contributed by atoms with van der Waals surface area (Å²) in [6, 6.07) is 0. The zero-order chi connectivity index (χ0) is 29.8. The molecule has 0 bridgehead atoms. The number of hydrogen-bond donors (Lipinski definition) is 8. The SMILES string of the molecule is CCCCCC(C)CCCCCCCCC(=O)O[C@@H]1[C@H](O)[C@@H](O)[C@H](O)[C@@H](O)[C@@H]1O[C@@H]1O[C@H](CO)[C@@H](O)[C@H](O)[C@@H]1O. The summed E-state index contributed by atoms with van der Waals surface area (Å²) in [7, 11) is 0. The molecule has 236 valence electrons. The summed E-state index contributed by atoms with van der Waals surface area (Å²) in [4.78, 5) is 12.6. The van der Waals surface area contributed by atoms with E-state index in [0.29, 0.717) is 6.42 Å². The van der Waals surface area contributed by atoms with Gasteiger partial charge < -0.3 is 55.1 Å². The van der Waals surface area contributed by atoms with Gasteiger partial charge in [-0.25, -0.2) is 0 Å². The van der Waals surface area contributed by atoms with E-state index in [2.05, 4.69) is 13.8 Å². The average Bonchev–Trinajstić information content (AvgIpc) is 2.94. The van der Waals surface area contributed by atoms with E-state index in [1.165, 1.54) is 38.5 Å². The molecule has 0 aromatic heterocycles. The van der Waals surface area contributed by atoms with Crippen LogP contribution < -0.4 is 0 Å². The van der Waals surface area contributed by atoms with Crippen LogP contribution in [0.1, 0.15) is 90.9 Å². The number of unbranched alkanes of at least 4 members (excludes halogenated alkanes) is 7. The van der Waals surface area contributed by atoms with Crippen LogP contribution in [0.3, 0.4) is 0 Å². The van der Waals surface area contributed by atoms with Crippen molar-refractivity contribution in [3.8, 4) is 0 Å². The fourth-order valence-electron chi connectivity index (χ4n) is 5.38. The first-order valence-corrected chi connectivity index (χ1v) is 14.9. The molecule has 1 saturated heterocycles. The van der Waals surface area contributed by atoms with Gasteiger partial charge >= 0.3 is 5.97 Å². The largest absolute Gasteiger partial charge is 0.457 e. The van der Waals surface area contributed by atoms with E-state index in [1.807, 2.05) is 0 Å². The molecule has 12 atom stereocenters. The molecule has 40 heavy (non-hydrogen) atoms. The highest BCUT2D eigenvalue weighted by atomic mass is 16.7. The quantitative estimate of drug-likeness (QED) is 0.0837. The van der Waals surface area contributed by atoms with Crippen molar-refractivity contribution in [3.63, 3.8) is 0 Å². The highest BCUT2D eigenvalue weighted by molar-refractivity contribution is 5.69. The van der Waals surface area contributed by atoms with Gasteiger partial charge in [0.1, 0.15) is 54.9 Å². The normalized spacial score (nSPS) is 37.3. The van der Waals surface area contributed by atoms with Crippen molar-refractivity contribution in [1.82, 2.24) is 0 Å². The van der Waals surface area contributed by atoms with Gasteiger partial charge in [-0.2, -0.15) is 0 Å². The lowest BCUT2D eigenvalue weighted by Crippen LogP contribution is -2.67. The summed E-state index contributed by atoms with van der Waals surface area (Å²) in [6.45, 7) is 3.80. The smallest absolute Gasteiger partial charge is 0.306 e. The molecule has 1 heterocycles. The number of rotatable bonds is 17. The van der Waals surface area contributed by atoms with E-state index >= 15 is 0 Å². The van der Waals surface area contributed by atoms with Gasteiger partial charge in [0.05, 0.1) is 6.61 Å². The van der Waals surface area contributed by atoms with E-state index in [0.717, 1.165) is 31.6 Å². The second-order valence-corrected chi connectivity index (χ2v) is 11.5. The summed E-state index contributed by atoms with van der Waals surface area (Å²) < 4.78 is 16.2. The fraction of sp³-hybridized carbons (Fsp3) is 0.964. The van der Waals surface area contributed by atoms with Crippen molar-refractivity contribution in [2.75, 3.05) is 6.61 Å². The summed E-state index contributed by atoms with van der Waals surface area (Å²) in [6.07, 6.45) is -6.88. The number of esters is 1. The van der Waals surface area contributed by atoms with E-state index < -0.39 is 79.9 Å². The van der Waals surface area contributed by atoms with Crippen LogP contribution in [0.25, 0.3) is 0 Å². The predicted molar refractivity (Wildman–Crippen MR) is 143 cm³/mol. The van der Waals surface area contributed by atoms with Gasteiger partial charge in [-0.15, -0.1) is 0 Å².